The van der Waals surface area contributed by atoms with Gasteiger partial charge in [-0.15, -0.1) is 0 Å². The topological polar surface area (TPSA) is 71.8 Å². The maximum absolute atomic E-state index is 12.7. The zero-order chi connectivity index (χ0) is 21.3. The van der Waals surface area contributed by atoms with Crippen LogP contribution in [0.5, 0.6) is 5.75 Å². The van der Waals surface area contributed by atoms with E-state index in [2.05, 4.69) is 14.6 Å². The first-order valence-corrected chi connectivity index (χ1v) is 8.63. The average Bonchev–Trinajstić information content (AvgIpc) is 3.11. The molecule has 0 amide bonds. The summed E-state index contributed by atoms with van der Waals surface area (Å²) in [5.74, 6) is -1.43. The van der Waals surface area contributed by atoms with E-state index in [1.807, 2.05) is 0 Å². The number of benzene rings is 1. The second-order valence-electron chi connectivity index (χ2n) is 5.81. The van der Waals surface area contributed by atoms with E-state index in [4.69, 9.17) is 9.47 Å². The van der Waals surface area contributed by atoms with Crippen molar-refractivity contribution in [2.45, 2.75) is 26.3 Å². The summed E-state index contributed by atoms with van der Waals surface area (Å²) >= 11 is 0. The zero-order valence-electron chi connectivity index (χ0n) is 15.9. The van der Waals surface area contributed by atoms with Crippen molar-refractivity contribution >= 4 is 5.97 Å². The minimum Gasteiger partial charge on any atom is -0.487 e. The van der Waals surface area contributed by atoms with Crippen LogP contribution >= 0.6 is 0 Å². The molecule has 158 valence electrons. The summed E-state index contributed by atoms with van der Waals surface area (Å²) in [6, 6.07) is 6.50. The van der Waals surface area contributed by atoms with Gasteiger partial charge in [0.15, 0.2) is 0 Å². The Hall–Kier alpha value is -3.01. The number of methoxy groups -OCH3 is 1. The van der Waals surface area contributed by atoms with Crippen LogP contribution in [0.4, 0.5) is 13.2 Å². The van der Waals surface area contributed by atoms with Gasteiger partial charge in [-0.2, -0.15) is 18.3 Å². The molecule has 0 unspecified atom stereocenters. The fraction of sp³-hybridized carbons (Fsp3) is 0.368. The molecule has 29 heavy (non-hydrogen) atoms. The third kappa shape index (κ3) is 7.49. The molecule has 0 aliphatic heterocycles. The highest BCUT2D eigenvalue weighted by Crippen LogP contribution is 2.27. The molecule has 2 rings (SSSR count). The van der Waals surface area contributed by atoms with Crippen LogP contribution in [-0.4, -0.2) is 42.2 Å². The van der Waals surface area contributed by atoms with Gasteiger partial charge in [0.1, 0.15) is 25.2 Å². The van der Waals surface area contributed by atoms with Crippen molar-refractivity contribution in [2.24, 2.45) is 0 Å². The lowest BCUT2D eigenvalue weighted by atomic mass is 10.2. The summed E-state index contributed by atoms with van der Waals surface area (Å²) in [5, 5.41) is 4.18. The first-order chi connectivity index (χ1) is 13.8. The highest BCUT2D eigenvalue weighted by atomic mass is 19.4. The third-order valence-corrected chi connectivity index (χ3v) is 3.50. The predicted octanol–water partition coefficient (Wildman–Crippen LogP) is 3.44. The lowest BCUT2D eigenvalue weighted by Gasteiger charge is -2.12. The largest absolute Gasteiger partial charge is 0.487 e. The van der Waals surface area contributed by atoms with Crippen LogP contribution in [0.2, 0.25) is 0 Å². The van der Waals surface area contributed by atoms with Crippen molar-refractivity contribution in [1.82, 2.24) is 9.78 Å². The lowest BCUT2D eigenvalue weighted by molar-refractivity contribution is -0.149. The van der Waals surface area contributed by atoms with Gasteiger partial charge in [0, 0.05) is 18.9 Å². The van der Waals surface area contributed by atoms with Gasteiger partial charge in [0.2, 0.25) is 5.76 Å². The van der Waals surface area contributed by atoms with Crippen molar-refractivity contribution in [3.63, 3.8) is 0 Å². The number of ether oxygens (including phenoxy) is 4. The summed E-state index contributed by atoms with van der Waals surface area (Å²) in [5.41, 5.74) is 1.57. The number of hydrogen-bond donors (Lipinski definition) is 0. The van der Waals surface area contributed by atoms with Crippen LogP contribution in [0.25, 0.3) is 0 Å². The second-order valence-corrected chi connectivity index (χ2v) is 5.81. The molecule has 1 heterocycles. The summed E-state index contributed by atoms with van der Waals surface area (Å²) in [4.78, 5) is 11.3. The van der Waals surface area contributed by atoms with E-state index in [-0.39, 0.29) is 25.6 Å². The van der Waals surface area contributed by atoms with E-state index in [1.165, 1.54) is 14.0 Å². The monoisotopic (exact) mass is 414 g/mol. The molecular weight excluding hydrogens is 393 g/mol. The van der Waals surface area contributed by atoms with Crippen molar-refractivity contribution in [3.05, 3.63) is 59.8 Å². The molecule has 0 spiro atoms. The van der Waals surface area contributed by atoms with E-state index in [0.29, 0.717) is 12.8 Å². The number of allylic oxidation sites excluding steroid dienone is 1. The molecular formula is C19H21F3N2O5. The van der Waals surface area contributed by atoms with Gasteiger partial charge in [-0.3, -0.25) is 4.68 Å². The van der Waals surface area contributed by atoms with E-state index >= 15 is 0 Å². The van der Waals surface area contributed by atoms with Crippen LogP contribution in [0.3, 0.4) is 0 Å². The standard InChI is InChI=1S/C19H21F3N2O5/c1-3-27-17(19(20,21)22)12-28-16-6-4-14(5-7-16)9-24-10-15(8-23-24)11-29-18(25)13-26-2/h4-8,10,12H,3,9,11,13H2,1-2H3/b17-12-. The Labute approximate surface area is 165 Å². The fourth-order valence-corrected chi connectivity index (χ4v) is 2.21. The normalized spacial score (nSPS) is 12.0. The number of carbonyl (C=O) groups is 1. The molecule has 10 heteroatoms. The van der Waals surface area contributed by atoms with Crippen molar-refractivity contribution in [3.8, 4) is 5.75 Å². The summed E-state index contributed by atoms with van der Waals surface area (Å²) in [7, 11) is 1.40. The Morgan fingerprint density at radius 3 is 2.52 bits per heavy atom. The van der Waals surface area contributed by atoms with Gasteiger partial charge in [-0.05, 0) is 24.6 Å². The molecule has 1 aromatic carbocycles. The molecule has 0 radical (unpaired) electrons. The van der Waals surface area contributed by atoms with Gasteiger partial charge in [-0.1, -0.05) is 12.1 Å². The molecule has 0 fully saturated rings. The second kappa shape index (κ2) is 10.5. The van der Waals surface area contributed by atoms with E-state index in [1.54, 1.807) is 41.3 Å². The summed E-state index contributed by atoms with van der Waals surface area (Å²) in [6.07, 6.45) is -0.769. The maximum Gasteiger partial charge on any atom is 0.452 e. The number of aromatic nitrogens is 2. The molecule has 7 nitrogen and oxygen atoms in total. The van der Waals surface area contributed by atoms with Gasteiger partial charge in [0.25, 0.3) is 0 Å². The molecule has 2 aromatic rings. The smallest absolute Gasteiger partial charge is 0.452 e. The number of esters is 1. The number of rotatable bonds is 10. The van der Waals surface area contributed by atoms with Gasteiger partial charge in [-0.25, -0.2) is 4.79 Å². The Kier molecular flexibility index (Phi) is 8.08. The van der Waals surface area contributed by atoms with Gasteiger partial charge < -0.3 is 18.9 Å². The molecule has 0 aliphatic carbocycles. The molecule has 0 aliphatic rings. The number of carbonyl (C=O) groups excluding carboxylic acids is 1. The van der Waals surface area contributed by atoms with Crippen LogP contribution in [0, 0.1) is 0 Å². The first-order valence-electron chi connectivity index (χ1n) is 8.63. The number of halogens is 3. The Bertz CT molecular complexity index is 816. The van der Waals surface area contributed by atoms with Crippen LogP contribution in [0.1, 0.15) is 18.1 Å². The van der Waals surface area contributed by atoms with Crippen LogP contribution in [0.15, 0.2) is 48.7 Å². The van der Waals surface area contributed by atoms with Crippen molar-refractivity contribution in [2.75, 3.05) is 20.3 Å². The quantitative estimate of drug-likeness (QED) is 0.438. The Balaban J connectivity index is 1.91. The predicted molar refractivity (Wildman–Crippen MR) is 95.8 cm³/mol. The van der Waals surface area contributed by atoms with Crippen LogP contribution in [-0.2, 0) is 32.2 Å². The molecule has 0 saturated carbocycles. The molecule has 1 aromatic heterocycles. The molecule has 0 bridgehead atoms. The third-order valence-electron chi connectivity index (χ3n) is 3.50. The van der Waals surface area contributed by atoms with Crippen molar-refractivity contribution < 1.29 is 36.9 Å². The summed E-state index contributed by atoms with van der Waals surface area (Å²) < 4.78 is 59.1. The minimum atomic E-state index is -4.62. The minimum absolute atomic E-state index is 0.0860. The highest BCUT2D eigenvalue weighted by molar-refractivity contribution is 5.70. The molecule has 0 saturated heterocycles. The first kappa shape index (κ1) is 22.3. The average molecular weight is 414 g/mol. The SMILES string of the molecule is CCO/C(=C\Oc1ccc(Cn2cc(COC(=O)COC)cn2)cc1)C(F)(F)F. The van der Waals surface area contributed by atoms with E-state index in [9.17, 15) is 18.0 Å². The van der Waals surface area contributed by atoms with Gasteiger partial charge in [0.05, 0.1) is 19.3 Å². The molecule has 0 atom stereocenters. The fourth-order valence-electron chi connectivity index (χ4n) is 2.21. The van der Waals surface area contributed by atoms with E-state index in [0.717, 1.165) is 11.1 Å². The Morgan fingerprint density at radius 1 is 1.17 bits per heavy atom. The zero-order valence-corrected chi connectivity index (χ0v) is 15.9. The number of nitrogens with zero attached hydrogens (tertiary/aromatic N) is 2. The molecule has 0 N–H and O–H groups in total. The summed E-state index contributed by atoms with van der Waals surface area (Å²) in [6.45, 7) is 1.73. The van der Waals surface area contributed by atoms with E-state index < -0.39 is 17.9 Å². The maximum atomic E-state index is 12.7. The Morgan fingerprint density at radius 2 is 1.90 bits per heavy atom. The number of hydrogen-bond acceptors (Lipinski definition) is 6. The number of alkyl halides is 3. The lowest BCUT2D eigenvalue weighted by Crippen LogP contribution is -2.15. The van der Waals surface area contributed by atoms with Gasteiger partial charge >= 0.3 is 12.1 Å². The highest BCUT2D eigenvalue weighted by Gasteiger charge is 2.36. The van der Waals surface area contributed by atoms with Crippen molar-refractivity contribution in [1.29, 1.82) is 0 Å². The van der Waals surface area contributed by atoms with Crippen LogP contribution < -0.4 is 4.74 Å².